The molecule has 1 heterocycles. The third-order valence-electron chi connectivity index (χ3n) is 1.99. The lowest BCUT2D eigenvalue weighted by atomic mass is 10.3. The van der Waals surface area contributed by atoms with Crippen LogP contribution in [0.4, 0.5) is 5.95 Å². The number of aliphatic hydroxyl groups excluding tert-OH is 2. The summed E-state index contributed by atoms with van der Waals surface area (Å²) in [6.45, 7) is 4.71. The highest BCUT2D eigenvalue weighted by Gasteiger charge is 2.09. The van der Waals surface area contributed by atoms with E-state index in [1.54, 1.807) is 4.90 Å². The lowest BCUT2D eigenvalue weighted by Gasteiger charge is -2.20. The van der Waals surface area contributed by atoms with Crippen LogP contribution in [-0.2, 0) is 0 Å². The van der Waals surface area contributed by atoms with Gasteiger partial charge in [0.05, 0.1) is 13.2 Å². The van der Waals surface area contributed by atoms with E-state index in [9.17, 15) is 0 Å². The molecule has 1 aromatic heterocycles. The first-order chi connectivity index (χ1) is 7.17. The molecule has 0 bridgehead atoms. The van der Waals surface area contributed by atoms with Crippen molar-refractivity contribution in [3.63, 3.8) is 0 Å². The van der Waals surface area contributed by atoms with Gasteiger partial charge in [0.15, 0.2) is 0 Å². The van der Waals surface area contributed by atoms with Crippen molar-refractivity contribution >= 4 is 5.95 Å². The Morgan fingerprint density at radius 3 is 1.93 bits per heavy atom. The summed E-state index contributed by atoms with van der Waals surface area (Å²) >= 11 is 0. The van der Waals surface area contributed by atoms with Crippen molar-refractivity contribution in [3.05, 3.63) is 17.5 Å². The van der Waals surface area contributed by atoms with Crippen molar-refractivity contribution < 1.29 is 10.2 Å². The van der Waals surface area contributed by atoms with Crippen LogP contribution in [0.5, 0.6) is 0 Å². The van der Waals surface area contributed by atoms with Gasteiger partial charge in [-0.05, 0) is 19.9 Å². The predicted molar refractivity (Wildman–Crippen MR) is 57.9 cm³/mol. The molecule has 5 nitrogen and oxygen atoms in total. The average Bonchev–Trinajstić information content (AvgIpc) is 2.16. The summed E-state index contributed by atoms with van der Waals surface area (Å²) in [4.78, 5) is 10.3. The van der Waals surface area contributed by atoms with E-state index in [4.69, 9.17) is 10.2 Å². The molecule has 1 aromatic rings. The third-order valence-corrected chi connectivity index (χ3v) is 1.99. The molecule has 0 saturated heterocycles. The van der Waals surface area contributed by atoms with E-state index in [0.717, 1.165) is 11.4 Å². The summed E-state index contributed by atoms with van der Waals surface area (Å²) in [6.07, 6.45) is 0. The summed E-state index contributed by atoms with van der Waals surface area (Å²) in [7, 11) is 0. The molecule has 84 valence electrons. The highest BCUT2D eigenvalue weighted by Crippen LogP contribution is 2.08. The Labute approximate surface area is 89.4 Å². The fourth-order valence-corrected chi connectivity index (χ4v) is 1.40. The van der Waals surface area contributed by atoms with Crippen LogP contribution in [0.3, 0.4) is 0 Å². The maximum atomic E-state index is 8.88. The van der Waals surface area contributed by atoms with Gasteiger partial charge in [-0.2, -0.15) is 0 Å². The zero-order valence-electron chi connectivity index (χ0n) is 9.14. The first kappa shape index (κ1) is 11.9. The number of aryl methyl sites for hydroxylation is 2. The Morgan fingerprint density at radius 1 is 1.07 bits per heavy atom. The van der Waals surface area contributed by atoms with Crippen molar-refractivity contribution in [2.45, 2.75) is 13.8 Å². The molecule has 0 fully saturated rings. The minimum absolute atomic E-state index is 0.0242. The first-order valence-electron chi connectivity index (χ1n) is 4.96. The summed E-state index contributed by atoms with van der Waals surface area (Å²) in [6, 6.07) is 1.89. The summed E-state index contributed by atoms with van der Waals surface area (Å²) in [5, 5.41) is 17.8. The van der Waals surface area contributed by atoms with E-state index in [2.05, 4.69) is 9.97 Å². The monoisotopic (exact) mass is 211 g/mol. The molecule has 15 heavy (non-hydrogen) atoms. The van der Waals surface area contributed by atoms with Crippen LogP contribution in [0.25, 0.3) is 0 Å². The molecule has 0 unspecified atom stereocenters. The molecule has 5 heteroatoms. The maximum Gasteiger partial charge on any atom is 0.225 e. The van der Waals surface area contributed by atoms with Gasteiger partial charge in [0.1, 0.15) is 0 Å². The lowest BCUT2D eigenvalue weighted by Crippen LogP contribution is -2.31. The van der Waals surface area contributed by atoms with Gasteiger partial charge in [0.2, 0.25) is 5.95 Å². The summed E-state index contributed by atoms with van der Waals surface area (Å²) < 4.78 is 0. The van der Waals surface area contributed by atoms with E-state index in [0.29, 0.717) is 19.0 Å². The van der Waals surface area contributed by atoms with Gasteiger partial charge in [-0.25, -0.2) is 9.97 Å². The van der Waals surface area contributed by atoms with Crippen molar-refractivity contribution in [1.29, 1.82) is 0 Å². The van der Waals surface area contributed by atoms with Crippen LogP contribution in [0, 0.1) is 13.8 Å². The Balaban J connectivity index is 2.88. The number of aromatic nitrogens is 2. The van der Waals surface area contributed by atoms with Gasteiger partial charge in [-0.1, -0.05) is 0 Å². The zero-order chi connectivity index (χ0) is 11.3. The van der Waals surface area contributed by atoms with Crippen LogP contribution in [-0.4, -0.2) is 46.5 Å². The molecule has 2 N–H and O–H groups in total. The normalized spacial score (nSPS) is 10.4. The molecule has 0 saturated carbocycles. The second kappa shape index (κ2) is 5.63. The van der Waals surface area contributed by atoms with Crippen molar-refractivity contribution in [2.75, 3.05) is 31.2 Å². The Bertz CT molecular complexity index is 291. The number of hydrogen-bond acceptors (Lipinski definition) is 5. The molecule has 1 rings (SSSR count). The van der Waals surface area contributed by atoms with Crippen LogP contribution in [0.2, 0.25) is 0 Å². The van der Waals surface area contributed by atoms with Crippen LogP contribution in [0.1, 0.15) is 11.4 Å². The van der Waals surface area contributed by atoms with E-state index in [1.807, 2.05) is 19.9 Å². The molecule has 0 aliphatic rings. The topological polar surface area (TPSA) is 69.5 Å². The molecule has 0 radical (unpaired) electrons. The van der Waals surface area contributed by atoms with Crippen LogP contribution >= 0.6 is 0 Å². The van der Waals surface area contributed by atoms with Gasteiger partial charge >= 0.3 is 0 Å². The molecule has 0 aromatic carbocycles. The number of aliphatic hydroxyl groups is 2. The first-order valence-corrected chi connectivity index (χ1v) is 4.96. The van der Waals surface area contributed by atoms with Gasteiger partial charge < -0.3 is 15.1 Å². The molecular weight excluding hydrogens is 194 g/mol. The molecule has 0 aliphatic heterocycles. The molecular formula is C10H17N3O2. The van der Waals surface area contributed by atoms with Crippen molar-refractivity contribution in [2.24, 2.45) is 0 Å². The van der Waals surface area contributed by atoms with Crippen molar-refractivity contribution in [3.8, 4) is 0 Å². The summed E-state index contributed by atoms with van der Waals surface area (Å²) in [5.41, 5.74) is 1.77. The molecule has 0 amide bonds. The standard InChI is InChI=1S/C10H17N3O2/c1-8-7-9(2)12-10(11-8)13(3-5-14)4-6-15/h7,14-15H,3-6H2,1-2H3. The quantitative estimate of drug-likeness (QED) is 0.711. The number of nitrogens with zero attached hydrogens (tertiary/aromatic N) is 3. The predicted octanol–water partition coefficient (Wildman–Crippen LogP) is -0.116. The minimum Gasteiger partial charge on any atom is -0.395 e. The van der Waals surface area contributed by atoms with Gasteiger partial charge in [0.25, 0.3) is 0 Å². The SMILES string of the molecule is Cc1cc(C)nc(N(CCO)CCO)n1. The second-order valence-corrected chi connectivity index (χ2v) is 3.38. The lowest BCUT2D eigenvalue weighted by molar-refractivity contribution is 0.280. The van der Waals surface area contributed by atoms with E-state index in [-0.39, 0.29) is 13.2 Å². The van der Waals surface area contributed by atoms with E-state index >= 15 is 0 Å². The Hall–Kier alpha value is -1.20. The van der Waals surface area contributed by atoms with Crippen LogP contribution in [0.15, 0.2) is 6.07 Å². The zero-order valence-corrected chi connectivity index (χ0v) is 9.14. The third kappa shape index (κ3) is 3.45. The van der Waals surface area contributed by atoms with Crippen molar-refractivity contribution in [1.82, 2.24) is 9.97 Å². The van der Waals surface area contributed by atoms with Gasteiger partial charge in [-0.3, -0.25) is 0 Å². The second-order valence-electron chi connectivity index (χ2n) is 3.38. The molecule has 0 atom stereocenters. The van der Waals surface area contributed by atoms with Gasteiger partial charge in [-0.15, -0.1) is 0 Å². The van der Waals surface area contributed by atoms with E-state index in [1.165, 1.54) is 0 Å². The smallest absolute Gasteiger partial charge is 0.225 e. The highest BCUT2D eigenvalue weighted by molar-refractivity contribution is 5.31. The minimum atomic E-state index is 0.0242. The molecule has 0 aliphatic carbocycles. The fraction of sp³-hybridized carbons (Fsp3) is 0.600. The van der Waals surface area contributed by atoms with E-state index < -0.39 is 0 Å². The van der Waals surface area contributed by atoms with Crippen LogP contribution < -0.4 is 4.90 Å². The number of anilines is 1. The average molecular weight is 211 g/mol. The largest absolute Gasteiger partial charge is 0.395 e. The number of hydrogen-bond donors (Lipinski definition) is 2. The number of rotatable bonds is 5. The Kier molecular flexibility index (Phi) is 4.45. The fourth-order valence-electron chi connectivity index (χ4n) is 1.40. The Morgan fingerprint density at radius 2 is 1.53 bits per heavy atom. The van der Waals surface area contributed by atoms with Gasteiger partial charge in [0, 0.05) is 24.5 Å². The molecule has 0 spiro atoms. The maximum absolute atomic E-state index is 8.88. The summed E-state index contributed by atoms with van der Waals surface area (Å²) in [5.74, 6) is 0.565. The highest BCUT2D eigenvalue weighted by atomic mass is 16.3.